The molecule has 0 unspecified atom stereocenters. The lowest BCUT2D eigenvalue weighted by atomic mass is 9.94. The number of amides is 1. The number of rotatable bonds is 0. The molecular formula is C10H13N3O2. The molecule has 5 heteroatoms. The normalized spacial score (nSPS) is 18.4. The molecule has 1 aromatic rings. The maximum absolute atomic E-state index is 11.7. The van der Waals surface area contributed by atoms with Crippen molar-refractivity contribution in [2.45, 2.75) is 13.8 Å². The van der Waals surface area contributed by atoms with E-state index < -0.39 is 5.41 Å². The van der Waals surface area contributed by atoms with E-state index in [4.69, 9.17) is 10.5 Å². The summed E-state index contributed by atoms with van der Waals surface area (Å²) in [6, 6.07) is 3.35. The van der Waals surface area contributed by atoms with Crippen molar-refractivity contribution in [3.8, 4) is 5.75 Å². The van der Waals surface area contributed by atoms with E-state index in [9.17, 15) is 4.79 Å². The number of carbonyl (C=O) groups is 1. The minimum atomic E-state index is -0.560. The monoisotopic (exact) mass is 207 g/mol. The highest BCUT2D eigenvalue weighted by molar-refractivity contribution is 5.96. The van der Waals surface area contributed by atoms with Gasteiger partial charge in [0.1, 0.15) is 12.4 Å². The molecule has 0 bridgehead atoms. The number of anilines is 2. The molecule has 0 atom stereocenters. The highest BCUT2D eigenvalue weighted by Gasteiger charge is 2.32. The number of nitrogens with zero attached hydrogens (tertiary/aromatic N) is 1. The second-order valence-electron chi connectivity index (χ2n) is 4.21. The van der Waals surface area contributed by atoms with Crippen LogP contribution in [0.5, 0.6) is 5.75 Å². The molecule has 0 spiro atoms. The predicted octanol–water partition coefficient (Wildman–Crippen LogP) is 1.02. The van der Waals surface area contributed by atoms with E-state index in [0.29, 0.717) is 24.0 Å². The molecule has 1 amide bonds. The van der Waals surface area contributed by atoms with Crippen LogP contribution in [0.15, 0.2) is 12.1 Å². The zero-order chi connectivity index (χ0) is 11.1. The van der Waals surface area contributed by atoms with Gasteiger partial charge in [-0.1, -0.05) is 0 Å². The van der Waals surface area contributed by atoms with Gasteiger partial charge in [-0.25, -0.2) is 4.98 Å². The number of hydrogen-bond donors (Lipinski definition) is 2. The van der Waals surface area contributed by atoms with Crippen molar-refractivity contribution in [1.82, 2.24) is 4.98 Å². The summed E-state index contributed by atoms with van der Waals surface area (Å²) in [5, 5.41) is 2.70. The lowest BCUT2D eigenvalue weighted by molar-refractivity contribution is -0.124. The second-order valence-corrected chi connectivity index (χ2v) is 4.21. The Hall–Kier alpha value is -1.78. The molecule has 0 aromatic carbocycles. The number of aromatic nitrogens is 1. The van der Waals surface area contributed by atoms with Crippen LogP contribution in [-0.2, 0) is 4.79 Å². The average molecular weight is 207 g/mol. The van der Waals surface area contributed by atoms with Crippen LogP contribution in [0.3, 0.4) is 0 Å². The van der Waals surface area contributed by atoms with E-state index in [1.54, 1.807) is 12.1 Å². The van der Waals surface area contributed by atoms with Crippen LogP contribution in [0.25, 0.3) is 0 Å². The van der Waals surface area contributed by atoms with E-state index >= 15 is 0 Å². The Kier molecular flexibility index (Phi) is 2.03. The van der Waals surface area contributed by atoms with Gasteiger partial charge in [0.15, 0.2) is 11.6 Å². The third kappa shape index (κ3) is 1.72. The Morgan fingerprint density at radius 3 is 3.00 bits per heavy atom. The van der Waals surface area contributed by atoms with Crippen molar-refractivity contribution in [2.75, 3.05) is 17.7 Å². The van der Waals surface area contributed by atoms with Gasteiger partial charge in [0, 0.05) is 0 Å². The first-order valence-corrected chi connectivity index (χ1v) is 4.70. The fourth-order valence-electron chi connectivity index (χ4n) is 1.27. The first-order chi connectivity index (χ1) is 6.99. The van der Waals surface area contributed by atoms with E-state index in [1.165, 1.54) is 0 Å². The van der Waals surface area contributed by atoms with E-state index in [1.807, 2.05) is 13.8 Å². The summed E-state index contributed by atoms with van der Waals surface area (Å²) < 4.78 is 5.49. The molecule has 5 nitrogen and oxygen atoms in total. The summed E-state index contributed by atoms with van der Waals surface area (Å²) >= 11 is 0. The summed E-state index contributed by atoms with van der Waals surface area (Å²) in [7, 11) is 0. The molecule has 3 N–H and O–H groups in total. The third-order valence-electron chi connectivity index (χ3n) is 2.31. The number of nitrogens with one attached hydrogen (secondary N) is 1. The minimum Gasteiger partial charge on any atom is -0.489 e. The molecule has 0 saturated heterocycles. The summed E-state index contributed by atoms with van der Waals surface area (Å²) in [6.07, 6.45) is 0. The molecule has 1 aliphatic rings. The minimum absolute atomic E-state index is 0.112. The lowest BCUT2D eigenvalue weighted by Crippen LogP contribution is -2.33. The molecular weight excluding hydrogens is 194 g/mol. The number of fused-ring (bicyclic) bond motifs is 1. The van der Waals surface area contributed by atoms with Crippen molar-refractivity contribution in [3.63, 3.8) is 0 Å². The van der Waals surface area contributed by atoms with Gasteiger partial charge in [0.25, 0.3) is 0 Å². The number of carbonyl (C=O) groups excluding carboxylic acids is 1. The maximum atomic E-state index is 11.7. The maximum Gasteiger partial charge on any atom is 0.234 e. The van der Waals surface area contributed by atoms with Gasteiger partial charge in [-0.2, -0.15) is 0 Å². The van der Waals surface area contributed by atoms with Gasteiger partial charge in [-0.3, -0.25) is 4.79 Å². The highest BCUT2D eigenvalue weighted by Crippen LogP contribution is 2.30. The largest absolute Gasteiger partial charge is 0.489 e. The van der Waals surface area contributed by atoms with Crippen LogP contribution in [0.4, 0.5) is 11.6 Å². The van der Waals surface area contributed by atoms with Crippen LogP contribution in [0.1, 0.15) is 13.8 Å². The molecule has 1 aromatic heterocycles. The van der Waals surface area contributed by atoms with Gasteiger partial charge >= 0.3 is 0 Å². The van der Waals surface area contributed by atoms with E-state index in [2.05, 4.69) is 10.3 Å². The Balaban J connectivity index is 2.40. The quantitative estimate of drug-likeness (QED) is 0.665. The summed E-state index contributed by atoms with van der Waals surface area (Å²) in [5.74, 6) is 1.20. The Bertz CT molecular complexity index is 415. The number of ether oxygens (including phenoxy) is 1. The van der Waals surface area contributed by atoms with E-state index in [-0.39, 0.29) is 5.91 Å². The molecule has 15 heavy (non-hydrogen) atoms. The van der Waals surface area contributed by atoms with Crippen molar-refractivity contribution in [2.24, 2.45) is 5.41 Å². The topological polar surface area (TPSA) is 77.2 Å². The number of nitrogen functional groups attached to an aromatic ring is 1. The third-order valence-corrected chi connectivity index (χ3v) is 2.31. The standard InChI is InChI=1S/C10H13N3O2/c1-10(2)5-15-6-3-4-7(11)12-8(6)13-9(10)14/h3-4H,5H2,1-2H3,(H3,11,12,13,14). The molecule has 2 heterocycles. The summed E-state index contributed by atoms with van der Waals surface area (Å²) in [4.78, 5) is 15.7. The smallest absolute Gasteiger partial charge is 0.234 e. The first-order valence-electron chi connectivity index (χ1n) is 4.70. The average Bonchev–Trinajstić information content (AvgIpc) is 2.25. The molecule has 0 saturated carbocycles. The van der Waals surface area contributed by atoms with Crippen LogP contribution < -0.4 is 15.8 Å². The Morgan fingerprint density at radius 1 is 1.53 bits per heavy atom. The number of pyridine rings is 1. The van der Waals surface area contributed by atoms with Gasteiger partial charge < -0.3 is 15.8 Å². The van der Waals surface area contributed by atoms with Gasteiger partial charge in [0.2, 0.25) is 5.91 Å². The molecule has 2 rings (SSSR count). The SMILES string of the molecule is CC1(C)COc2ccc(N)nc2NC1=O. The molecule has 1 aliphatic heterocycles. The van der Waals surface area contributed by atoms with Crippen LogP contribution >= 0.6 is 0 Å². The fraction of sp³-hybridized carbons (Fsp3) is 0.400. The van der Waals surface area contributed by atoms with Gasteiger partial charge in [-0.05, 0) is 26.0 Å². The van der Waals surface area contributed by atoms with Crippen molar-refractivity contribution in [3.05, 3.63) is 12.1 Å². The lowest BCUT2D eigenvalue weighted by Gasteiger charge is -2.18. The van der Waals surface area contributed by atoms with Crippen molar-refractivity contribution < 1.29 is 9.53 Å². The van der Waals surface area contributed by atoms with Crippen LogP contribution in [0, 0.1) is 5.41 Å². The Morgan fingerprint density at radius 2 is 2.27 bits per heavy atom. The van der Waals surface area contributed by atoms with Crippen molar-refractivity contribution in [1.29, 1.82) is 0 Å². The zero-order valence-corrected chi connectivity index (χ0v) is 8.70. The summed E-state index contributed by atoms with van der Waals surface area (Å²) in [5.41, 5.74) is 4.97. The van der Waals surface area contributed by atoms with Gasteiger partial charge in [-0.15, -0.1) is 0 Å². The molecule has 0 aliphatic carbocycles. The predicted molar refractivity (Wildman–Crippen MR) is 56.6 cm³/mol. The Labute approximate surface area is 87.6 Å². The van der Waals surface area contributed by atoms with Crippen molar-refractivity contribution >= 4 is 17.5 Å². The van der Waals surface area contributed by atoms with Crippen LogP contribution in [0.2, 0.25) is 0 Å². The zero-order valence-electron chi connectivity index (χ0n) is 8.70. The molecule has 0 radical (unpaired) electrons. The van der Waals surface area contributed by atoms with Gasteiger partial charge in [0.05, 0.1) is 5.41 Å². The fourth-order valence-corrected chi connectivity index (χ4v) is 1.27. The number of nitrogens with two attached hydrogens (primary N) is 1. The molecule has 80 valence electrons. The van der Waals surface area contributed by atoms with Crippen LogP contribution in [-0.4, -0.2) is 17.5 Å². The molecule has 0 fully saturated rings. The number of hydrogen-bond acceptors (Lipinski definition) is 4. The first kappa shape index (κ1) is 9.76. The summed E-state index contributed by atoms with van der Waals surface area (Å²) in [6.45, 7) is 3.96. The van der Waals surface area contributed by atoms with E-state index in [0.717, 1.165) is 0 Å². The highest BCUT2D eigenvalue weighted by atomic mass is 16.5. The second kappa shape index (κ2) is 3.12.